The molecule has 0 radical (unpaired) electrons. The van der Waals surface area contributed by atoms with E-state index >= 15 is 0 Å². The van der Waals surface area contributed by atoms with Crippen LogP contribution in [0.5, 0.6) is 0 Å². The molecule has 18 heavy (non-hydrogen) atoms. The van der Waals surface area contributed by atoms with Crippen LogP contribution in [0.1, 0.15) is 13.8 Å². The third-order valence-electron chi connectivity index (χ3n) is 3.97. The predicted octanol–water partition coefficient (Wildman–Crippen LogP) is 6.28. The van der Waals surface area contributed by atoms with Gasteiger partial charge in [0.05, 0.1) is 10.4 Å². The van der Waals surface area contributed by atoms with Gasteiger partial charge < -0.3 is 0 Å². The molecule has 3 aliphatic carbocycles. The van der Waals surface area contributed by atoms with Gasteiger partial charge in [-0.05, 0) is 5.41 Å². The second-order valence-corrected chi connectivity index (χ2v) is 10.2. The fraction of sp³-hybridized carbons (Fsp3) is 0.800. The first kappa shape index (κ1) is 16.4. The summed E-state index contributed by atoms with van der Waals surface area (Å²) in [6, 6.07) is 0. The van der Waals surface area contributed by atoms with E-state index in [-0.39, 0.29) is 11.0 Å². The van der Waals surface area contributed by atoms with E-state index in [4.69, 9.17) is 92.8 Å². The van der Waals surface area contributed by atoms with Crippen molar-refractivity contribution >= 4 is 92.8 Å². The zero-order chi connectivity index (χ0) is 14.3. The van der Waals surface area contributed by atoms with E-state index in [1.807, 2.05) is 13.8 Å². The number of halogens is 8. The van der Waals surface area contributed by atoms with Crippen LogP contribution in [0.4, 0.5) is 0 Å². The number of rotatable bonds is 0. The van der Waals surface area contributed by atoms with Crippen molar-refractivity contribution in [3.63, 3.8) is 0 Å². The highest BCUT2D eigenvalue weighted by molar-refractivity contribution is 6.71. The molecule has 0 saturated heterocycles. The van der Waals surface area contributed by atoms with Gasteiger partial charge in [-0.1, -0.05) is 83.5 Å². The Morgan fingerprint density at radius 3 is 1.83 bits per heavy atom. The van der Waals surface area contributed by atoms with Crippen molar-refractivity contribution in [2.24, 2.45) is 11.3 Å². The molecule has 8 heteroatoms. The average molecular weight is 412 g/mol. The Labute approximate surface area is 146 Å². The second-order valence-electron chi connectivity index (χ2n) is 5.11. The van der Waals surface area contributed by atoms with Gasteiger partial charge in [0.1, 0.15) is 4.87 Å². The molecule has 0 heterocycles. The van der Waals surface area contributed by atoms with Crippen LogP contribution in [0, 0.1) is 11.3 Å². The molecule has 0 nitrogen and oxygen atoms in total. The maximum Gasteiger partial charge on any atom is 0.213 e. The summed E-state index contributed by atoms with van der Waals surface area (Å²) in [5.74, 6) is -0.290. The highest BCUT2D eigenvalue weighted by atomic mass is 35.6. The number of fused-ring (bicyclic) bond motifs is 1. The molecule has 3 aliphatic rings. The lowest BCUT2D eigenvalue weighted by molar-refractivity contribution is 0.0180. The van der Waals surface area contributed by atoms with Gasteiger partial charge in [0.15, 0.2) is 4.33 Å². The Morgan fingerprint density at radius 1 is 1.06 bits per heavy atom. The number of alkyl halides is 7. The van der Waals surface area contributed by atoms with Gasteiger partial charge >= 0.3 is 0 Å². The van der Waals surface area contributed by atoms with Crippen molar-refractivity contribution in [2.45, 2.75) is 32.2 Å². The Morgan fingerprint density at radius 2 is 1.50 bits per heavy atom. The SMILES string of the molecule is CC1(C)C2C(C(Cl)(Cl)Cl)=C(Cl)C(Cl)(Cl)C1(Cl)C2Cl. The molecule has 104 valence electrons. The Hall–Kier alpha value is 2.06. The second kappa shape index (κ2) is 4.29. The van der Waals surface area contributed by atoms with Crippen LogP contribution in [-0.2, 0) is 0 Å². The van der Waals surface area contributed by atoms with Crippen molar-refractivity contribution in [2.75, 3.05) is 0 Å². The molecule has 2 bridgehead atoms. The lowest BCUT2D eigenvalue weighted by atomic mass is 9.47. The maximum absolute atomic E-state index is 6.54. The first-order valence-electron chi connectivity index (χ1n) is 4.99. The van der Waals surface area contributed by atoms with E-state index in [1.165, 1.54) is 0 Å². The summed E-state index contributed by atoms with van der Waals surface area (Å²) >= 11 is 49.6. The van der Waals surface area contributed by atoms with Crippen LogP contribution in [0.15, 0.2) is 10.6 Å². The zero-order valence-electron chi connectivity index (χ0n) is 9.18. The van der Waals surface area contributed by atoms with Crippen LogP contribution < -0.4 is 0 Å². The molecule has 1 fully saturated rings. The first-order chi connectivity index (χ1) is 7.81. The van der Waals surface area contributed by atoms with Crippen LogP contribution in [0.3, 0.4) is 0 Å². The average Bonchev–Trinajstić information content (AvgIpc) is 2.18. The van der Waals surface area contributed by atoms with E-state index < -0.39 is 23.8 Å². The normalized spacial score (nSPS) is 41.7. The van der Waals surface area contributed by atoms with Crippen molar-refractivity contribution in [1.29, 1.82) is 0 Å². The fourth-order valence-corrected chi connectivity index (χ4v) is 6.43. The molecule has 0 spiro atoms. The van der Waals surface area contributed by atoms with E-state index in [0.29, 0.717) is 5.57 Å². The monoisotopic (exact) mass is 408 g/mol. The molecule has 3 rings (SSSR count). The van der Waals surface area contributed by atoms with Crippen LogP contribution in [-0.4, -0.2) is 18.4 Å². The summed E-state index contributed by atoms with van der Waals surface area (Å²) in [5, 5.41) is -0.501. The summed E-state index contributed by atoms with van der Waals surface area (Å²) in [5.41, 5.74) is -0.214. The summed E-state index contributed by atoms with van der Waals surface area (Å²) in [6.07, 6.45) is 0. The number of hydrogen-bond acceptors (Lipinski definition) is 0. The Balaban J connectivity index is 2.74. The Kier molecular flexibility index (Phi) is 3.92. The molecule has 3 atom stereocenters. The standard InChI is InChI=1S/C10H8Cl8/c1-7(2)3-4(10(16,17)18)6(12)9(14,15)8(7,13)5(3)11/h3,5H,1-2H3. The minimum atomic E-state index is -1.72. The first-order valence-corrected chi connectivity index (χ1v) is 8.07. The molecule has 0 amide bonds. The molecular weight excluding hydrogens is 404 g/mol. The number of allylic oxidation sites excluding steroid dienone is 2. The summed E-state index contributed by atoms with van der Waals surface area (Å²) in [6.45, 7) is 3.76. The molecule has 0 aliphatic heterocycles. The minimum Gasteiger partial charge on any atom is -0.120 e. The van der Waals surface area contributed by atoms with Gasteiger partial charge in [-0.15, -0.1) is 23.2 Å². The highest BCUT2D eigenvalue weighted by Gasteiger charge is 2.80. The molecule has 1 saturated carbocycles. The van der Waals surface area contributed by atoms with Crippen molar-refractivity contribution < 1.29 is 0 Å². The third-order valence-corrected chi connectivity index (χ3v) is 8.13. The van der Waals surface area contributed by atoms with E-state index in [0.717, 1.165) is 0 Å². The van der Waals surface area contributed by atoms with Gasteiger partial charge in [-0.25, -0.2) is 0 Å². The van der Waals surface area contributed by atoms with Crippen LogP contribution in [0.2, 0.25) is 0 Å². The van der Waals surface area contributed by atoms with Gasteiger partial charge in [0.2, 0.25) is 3.79 Å². The van der Waals surface area contributed by atoms with Gasteiger partial charge in [0.25, 0.3) is 0 Å². The van der Waals surface area contributed by atoms with Gasteiger partial charge in [-0.2, -0.15) is 0 Å². The molecule has 0 aromatic heterocycles. The summed E-state index contributed by atoms with van der Waals surface area (Å²) in [4.78, 5) is -1.11. The lowest BCUT2D eigenvalue weighted by Crippen LogP contribution is -2.77. The van der Waals surface area contributed by atoms with E-state index in [2.05, 4.69) is 0 Å². The van der Waals surface area contributed by atoms with Crippen LogP contribution >= 0.6 is 92.8 Å². The van der Waals surface area contributed by atoms with Crippen LogP contribution in [0.25, 0.3) is 0 Å². The highest BCUT2D eigenvalue weighted by Crippen LogP contribution is 2.77. The topological polar surface area (TPSA) is 0 Å². The third kappa shape index (κ3) is 1.67. The van der Waals surface area contributed by atoms with E-state index in [1.54, 1.807) is 0 Å². The quantitative estimate of drug-likeness (QED) is 0.412. The van der Waals surface area contributed by atoms with Gasteiger partial charge in [-0.3, -0.25) is 0 Å². The molecule has 0 aromatic rings. The van der Waals surface area contributed by atoms with Crippen molar-refractivity contribution in [3.05, 3.63) is 10.6 Å². The Bertz CT molecular complexity index is 432. The van der Waals surface area contributed by atoms with Crippen molar-refractivity contribution in [1.82, 2.24) is 0 Å². The predicted molar refractivity (Wildman–Crippen MR) is 83.1 cm³/mol. The van der Waals surface area contributed by atoms with Crippen molar-refractivity contribution in [3.8, 4) is 0 Å². The molecule has 0 aromatic carbocycles. The molecule has 3 unspecified atom stereocenters. The minimum absolute atomic E-state index is 0.0575. The largest absolute Gasteiger partial charge is 0.213 e. The zero-order valence-corrected chi connectivity index (χ0v) is 15.2. The molecule has 0 N–H and O–H groups in total. The maximum atomic E-state index is 6.54. The summed E-state index contributed by atoms with van der Waals surface area (Å²) < 4.78 is -3.32. The summed E-state index contributed by atoms with van der Waals surface area (Å²) in [7, 11) is 0. The van der Waals surface area contributed by atoms with Gasteiger partial charge in [0, 0.05) is 11.5 Å². The lowest BCUT2D eigenvalue weighted by Gasteiger charge is -2.69. The molecular formula is C10H8Cl8. The fourth-order valence-electron chi connectivity index (χ4n) is 2.93. The number of hydrogen-bond donors (Lipinski definition) is 0. The van der Waals surface area contributed by atoms with E-state index in [9.17, 15) is 0 Å². The smallest absolute Gasteiger partial charge is 0.120 e.